The van der Waals surface area contributed by atoms with Crippen molar-refractivity contribution in [2.24, 2.45) is 17.8 Å². The summed E-state index contributed by atoms with van der Waals surface area (Å²) < 4.78 is 5.23. The minimum absolute atomic E-state index is 0.0136. The molecule has 4 nitrogen and oxygen atoms in total. The largest absolute Gasteiger partial charge is 0.462 e. The number of ether oxygens (including phenoxy) is 1. The van der Waals surface area contributed by atoms with E-state index in [2.05, 4.69) is 0 Å². The summed E-state index contributed by atoms with van der Waals surface area (Å²) in [5, 5.41) is 19.4. The van der Waals surface area contributed by atoms with Crippen LogP contribution in [0.15, 0.2) is 0 Å². The van der Waals surface area contributed by atoms with Gasteiger partial charge in [-0.15, -0.1) is 0 Å². The molecule has 1 heterocycles. The lowest BCUT2D eigenvalue weighted by atomic mass is 9.71. The Morgan fingerprint density at radius 3 is 2.86 bits per heavy atom. The molecule has 14 heavy (non-hydrogen) atoms. The summed E-state index contributed by atoms with van der Waals surface area (Å²) in [4.78, 5) is 11.4. The predicted molar refractivity (Wildman–Crippen MR) is 46.2 cm³/mol. The zero-order valence-electron chi connectivity index (χ0n) is 7.80. The monoisotopic (exact) mass is 198 g/mol. The molecule has 78 valence electrons. The highest BCUT2D eigenvalue weighted by molar-refractivity contribution is 5.76. The molecule has 0 radical (unpaired) electrons. The molecule has 0 aromatic rings. The van der Waals surface area contributed by atoms with Gasteiger partial charge in [0.1, 0.15) is 6.10 Å². The molecular formula is C10H14O4. The Morgan fingerprint density at radius 2 is 2.07 bits per heavy atom. The van der Waals surface area contributed by atoms with Crippen LogP contribution >= 0.6 is 0 Å². The van der Waals surface area contributed by atoms with Crippen LogP contribution in [0.2, 0.25) is 0 Å². The predicted octanol–water partition coefficient (Wildman–Crippen LogP) is -0.320. The van der Waals surface area contributed by atoms with Gasteiger partial charge in [-0.25, -0.2) is 0 Å². The second-order valence-corrected chi connectivity index (χ2v) is 4.69. The summed E-state index contributed by atoms with van der Waals surface area (Å²) in [7, 11) is 0. The van der Waals surface area contributed by atoms with Gasteiger partial charge in [0.2, 0.25) is 0 Å². The minimum atomic E-state index is -0.745. The van der Waals surface area contributed by atoms with E-state index < -0.39 is 12.2 Å². The fourth-order valence-corrected chi connectivity index (χ4v) is 3.44. The Bertz CT molecular complexity index is 277. The average Bonchev–Trinajstić information content (AvgIpc) is 2.66. The first kappa shape index (κ1) is 8.68. The van der Waals surface area contributed by atoms with Crippen molar-refractivity contribution in [3.8, 4) is 0 Å². The molecule has 0 unspecified atom stereocenters. The zero-order chi connectivity index (χ0) is 9.87. The van der Waals surface area contributed by atoms with Crippen molar-refractivity contribution in [1.82, 2.24) is 0 Å². The zero-order valence-corrected chi connectivity index (χ0v) is 7.80. The molecule has 0 bridgehead atoms. The van der Waals surface area contributed by atoms with Gasteiger partial charge in [-0.05, 0) is 25.2 Å². The first-order valence-electron chi connectivity index (χ1n) is 5.25. The smallest absolute Gasteiger partial charge is 0.309 e. The van der Waals surface area contributed by atoms with E-state index in [4.69, 9.17) is 4.74 Å². The number of carbonyl (C=O) groups is 1. The Kier molecular flexibility index (Phi) is 1.67. The van der Waals surface area contributed by atoms with E-state index in [-0.39, 0.29) is 29.8 Å². The lowest BCUT2D eigenvalue weighted by molar-refractivity contribution is -0.147. The van der Waals surface area contributed by atoms with Crippen LogP contribution in [0.3, 0.4) is 0 Å². The summed E-state index contributed by atoms with van der Waals surface area (Å²) in [5.74, 6) is -0.0948. The number of rotatable bonds is 0. The van der Waals surface area contributed by atoms with Crippen LogP contribution < -0.4 is 0 Å². The van der Waals surface area contributed by atoms with E-state index in [0.29, 0.717) is 6.42 Å². The van der Waals surface area contributed by atoms with Crippen molar-refractivity contribution >= 4 is 5.97 Å². The third kappa shape index (κ3) is 0.929. The maximum Gasteiger partial charge on any atom is 0.309 e. The lowest BCUT2D eigenvalue weighted by Gasteiger charge is -2.35. The number of aliphatic hydroxyl groups excluding tert-OH is 2. The Labute approximate surface area is 81.9 Å². The molecule has 2 aliphatic carbocycles. The molecule has 0 amide bonds. The third-order valence-corrected chi connectivity index (χ3v) is 4.07. The van der Waals surface area contributed by atoms with E-state index in [1.807, 2.05) is 0 Å². The molecule has 1 aliphatic heterocycles. The van der Waals surface area contributed by atoms with Gasteiger partial charge in [0.25, 0.3) is 0 Å². The van der Waals surface area contributed by atoms with Crippen LogP contribution in [0.25, 0.3) is 0 Å². The van der Waals surface area contributed by atoms with Crippen LogP contribution in [0.5, 0.6) is 0 Å². The normalized spacial score (nSPS) is 55.7. The number of aliphatic hydroxyl groups is 2. The van der Waals surface area contributed by atoms with Gasteiger partial charge in [-0.1, -0.05) is 0 Å². The molecule has 1 saturated heterocycles. The standard InChI is InChI=1S/C10H14O4/c11-6-3-5-8-4(9(6)12)1-2-7(8)14-10(5)13/h4-9,11-12H,1-3H2/t4-,5-,6-,7+,8+,9+/m1/s1. The van der Waals surface area contributed by atoms with Gasteiger partial charge >= 0.3 is 5.97 Å². The molecule has 6 atom stereocenters. The van der Waals surface area contributed by atoms with E-state index in [9.17, 15) is 15.0 Å². The van der Waals surface area contributed by atoms with Crippen LogP contribution in [-0.4, -0.2) is 34.5 Å². The van der Waals surface area contributed by atoms with E-state index in [0.717, 1.165) is 12.8 Å². The fourth-order valence-electron chi connectivity index (χ4n) is 3.44. The van der Waals surface area contributed by atoms with Crippen molar-refractivity contribution in [3.05, 3.63) is 0 Å². The summed E-state index contributed by atoms with van der Waals surface area (Å²) in [6.45, 7) is 0. The van der Waals surface area contributed by atoms with Crippen molar-refractivity contribution in [1.29, 1.82) is 0 Å². The van der Waals surface area contributed by atoms with Gasteiger partial charge in [0.05, 0.1) is 18.1 Å². The number of esters is 1. The maximum absolute atomic E-state index is 11.4. The quantitative estimate of drug-likeness (QED) is 0.523. The van der Waals surface area contributed by atoms with Gasteiger partial charge in [0.15, 0.2) is 0 Å². The molecule has 2 saturated carbocycles. The lowest BCUT2D eigenvalue weighted by Crippen LogP contribution is -2.45. The topological polar surface area (TPSA) is 66.8 Å². The average molecular weight is 198 g/mol. The SMILES string of the molecule is O=C1O[C@H]2CC[C@H]3[C@H](O)[C@H](O)C[C@@H]1[C@H]32. The Hall–Kier alpha value is -0.610. The first-order valence-corrected chi connectivity index (χ1v) is 5.25. The van der Waals surface area contributed by atoms with Gasteiger partial charge in [-0.2, -0.15) is 0 Å². The first-order chi connectivity index (χ1) is 6.68. The molecule has 0 aromatic heterocycles. The summed E-state index contributed by atoms with van der Waals surface area (Å²) in [6, 6.07) is 0. The van der Waals surface area contributed by atoms with Crippen LogP contribution in [0.1, 0.15) is 19.3 Å². The molecule has 3 fully saturated rings. The second kappa shape index (κ2) is 2.70. The molecular weight excluding hydrogens is 184 g/mol. The highest BCUT2D eigenvalue weighted by Gasteiger charge is 2.58. The van der Waals surface area contributed by atoms with Crippen LogP contribution in [0.4, 0.5) is 0 Å². The molecule has 3 rings (SSSR count). The van der Waals surface area contributed by atoms with E-state index >= 15 is 0 Å². The highest BCUT2D eigenvalue weighted by Crippen LogP contribution is 2.51. The summed E-state index contributed by atoms with van der Waals surface area (Å²) in [6.07, 6.45) is 0.706. The molecule has 0 spiro atoms. The van der Waals surface area contributed by atoms with Gasteiger partial charge < -0.3 is 14.9 Å². The number of hydrogen-bond acceptors (Lipinski definition) is 4. The van der Waals surface area contributed by atoms with Crippen molar-refractivity contribution < 1.29 is 19.7 Å². The van der Waals surface area contributed by atoms with Crippen LogP contribution in [-0.2, 0) is 9.53 Å². The second-order valence-electron chi connectivity index (χ2n) is 4.69. The minimum Gasteiger partial charge on any atom is -0.462 e. The Balaban J connectivity index is 1.94. The number of hydrogen-bond donors (Lipinski definition) is 2. The molecule has 0 aromatic carbocycles. The summed E-state index contributed by atoms with van der Waals surface area (Å²) in [5.41, 5.74) is 0. The van der Waals surface area contributed by atoms with Crippen molar-refractivity contribution in [3.63, 3.8) is 0 Å². The highest BCUT2D eigenvalue weighted by atomic mass is 16.6. The maximum atomic E-state index is 11.4. The van der Waals surface area contributed by atoms with Gasteiger partial charge in [-0.3, -0.25) is 4.79 Å². The molecule has 2 N–H and O–H groups in total. The van der Waals surface area contributed by atoms with Crippen molar-refractivity contribution in [2.45, 2.75) is 37.6 Å². The summed E-state index contributed by atoms with van der Waals surface area (Å²) >= 11 is 0. The van der Waals surface area contributed by atoms with Crippen molar-refractivity contribution in [2.75, 3.05) is 0 Å². The van der Waals surface area contributed by atoms with E-state index in [1.54, 1.807) is 0 Å². The molecule has 3 aliphatic rings. The molecule has 4 heteroatoms. The van der Waals surface area contributed by atoms with Gasteiger partial charge in [0, 0.05) is 5.92 Å². The number of carbonyl (C=O) groups excluding carboxylic acids is 1. The third-order valence-electron chi connectivity index (χ3n) is 4.07. The Morgan fingerprint density at radius 1 is 1.29 bits per heavy atom. The van der Waals surface area contributed by atoms with E-state index in [1.165, 1.54) is 0 Å². The fraction of sp³-hybridized carbons (Fsp3) is 0.900. The van der Waals surface area contributed by atoms with Crippen LogP contribution in [0, 0.1) is 17.8 Å².